The zero-order chi connectivity index (χ0) is 10.8. The van der Waals surface area contributed by atoms with Crippen molar-refractivity contribution in [1.29, 1.82) is 0 Å². The first-order valence-electron chi connectivity index (χ1n) is 4.99. The average Bonchev–Trinajstić information content (AvgIpc) is 2.27. The smallest absolute Gasteiger partial charge is 0.245 e. The van der Waals surface area contributed by atoms with E-state index in [1.165, 1.54) is 0 Å². The van der Waals surface area contributed by atoms with Gasteiger partial charge in [-0.3, -0.25) is 4.79 Å². The summed E-state index contributed by atoms with van der Waals surface area (Å²) >= 11 is 0. The number of anilines is 1. The van der Waals surface area contributed by atoms with E-state index in [4.69, 9.17) is 10.8 Å². The van der Waals surface area contributed by atoms with Crippen LogP contribution in [0.2, 0.25) is 0 Å². The molecule has 80 valence electrons. The molecular formula is C11H14N2O2. The zero-order valence-corrected chi connectivity index (χ0v) is 8.39. The van der Waals surface area contributed by atoms with Gasteiger partial charge >= 0.3 is 0 Å². The van der Waals surface area contributed by atoms with Gasteiger partial charge in [-0.15, -0.1) is 0 Å². The Morgan fingerprint density at radius 1 is 1.40 bits per heavy atom. The van der Waals surface area contributed by atoms with Crippen molar-refractivity contribution in [3.05, 3.63) is 29.8 Å². The molecule has 0 bridgehead atoms. The highest BCUT2D eigenvalue weighted by molar-refractivity contribution is 6.03. The van der Waals surface area contributed by atoms with Crippen LogP contribution in [0.5, 0.6) is 0 Å². The van der Waals surface area contributed by atoms with E-state index in [9.17, 15) is 4.79 Å². The molecule has 4 nitrogen and oxygen atoms in total. The van der Waals surface area contributed by atoms with Crippen LogP contribution < -0.4 is 10.6 Å². The zero-order valence-electron chi connectivity index (χ0n) is 8.39. The number of hydrogen-bond acceptors (Lipinski definition) is 3. The van der Waals surface area contributed by atoms with Crippen LogP contribution >= 0.6 is 0 Å². The minimum absolute atomic E-state index is 0.0232. The second-order valence-electron chi connectivity index (χ2n) is 3.70. The first-order chi connectivity index (χ1) is 7.22. The Labute approximate surface area is 88.3 Å². The van der Waals surface area contributed by atoms with E-state index in [0.717, 1.165) is 11.3 Å². The van der Waals surface area contributed by atoms with Gasteiger partial charge in [0.15, 0.2) is 0 Å². The second kappa shape index (κ2) is 4.00. The predicted octanol–water partition coefficient (Wildman–Crippen LogP) is -0.105. The number of rotatable bonds is 3. The molecule has 1 amide bonds. The highest BCUT2D eigenvalue weighted by atomic mass is 16.3. The first kappa shape index (κ1) is 10.1. The topological polar surface area (TPSA) is 66.6 Å². The van der Waals surface area contributed by atoms with Gasteiger partial charge in [0, 0.05) is 12.3 Å². The van der Waals surface area contributed by atoms with Crippen molar-refractivity contribution in [2.75, 3.05) is 18.1 Å². The molecule has 1 aromatic carbocycles. The minimum Gasteiger partial charge on any atom is -0.396 e. The SMILES string of the molecule is NC1CN(c2ccc(CCO)cc2)C1=O. The number of nitrogens with zero attached hydrogens (tertiary/aromatic N) is 1. The second-order valence-corrected chi connectivity index (χ2v) is 3.70. The van der Waals surface area contributed by atoms with Crippen LogP contribution in [-0.4, -0.2) is 30.2 Å². The number of β-lactam (4-membered cyclic amide) rings is 1. The summed E-state index contributed by atoms with van der Waals surface area (Å²) in [4.78, 5) is 13.0. The fourth-order valence-corrected chi connectivity index (χ4v) is 1.66. The summed E-state index contributed by atoms with van der Waals surface area (Å²) in [5.41, 5.74) is 7.45. The molecule has 15 heavy (non-hydrogen) atoms. The summed E-state index contributed by atoms with van der Waals surface area (Å²) < 4.78 is 0. The third kappa shape index (κ3) is 1.86. The molecular weight excluding hydrogens is 192 g/mol. The van der Waals surface area contributed by atoms with Crippen LogP contribution in [0.4, 0.5) is 5.69 Å². The summed E-state index contributed by atoms with van der Waals surface area (Å²) in [7, 11) is 0. The normalized spacial score (nSPS) is 20.3. The molecule has 0 spiro atoms. The van der Waals surface area contributed by atoms with Crippen molar-refractivity contribution >= 4 is 11.6 Å². The van der Waals surface area contributed by atoms with E-state index >= 15 is 0 Å². The molecule has 0 saturated carbocycles. The number of aliphatic hydroxyl groups is 1. The highest BCUT2D eigenvalue weighted by Gasteiger charge is 2.34. The minimum atomic E-state index is -0.331. The van der Waals surface area contributed by atoms with Gasteiger partial charge in [0.2, 0.25) is 5.91 Å². The molecule has 1 atom stereocenters. The van der Waals surface area contributed by atoms with E-state index in [1.54, 1.807) is 4.90 Å². The quantitative estimate of drug-likeness (QED) is 0.678. The molecule has 1 aliphatic heterocycles. The third-order valence-electron chi connectivity index (χ3n) is 2.61. The fraction of sp³-hybridized carbons (Fsp3) is 0.364. The van der Waals surface area contributed by atoms with Gasteiger partial charge < -0.3 is 15.7 Å². The number of nitrogens with two attached hydrogens (primary N) is 1. The summed E-state index contributed by atoms with van der Waals surface area (Å²) in [6.45, 7) is 0.741. The summed E-state index contributed by atoms with van der Waals surface area (Å²) in [6, 6.07) is 7.27. The van der Waals surface area contributed by atoms with Crippen LogP contribution in [0.25, 0.3) is 0 Å². The third-order valence-corrected chi connectivity index (χ3v) is 2.61. The van der Waals surface area contributed by atoms with Gasteiger partial charge in [-0.05, 0) is 24.1 Å². The maximum absolute atomic E-state index is 11.3. The summed E-state index contributed by atoms with van der Waals surface area (Å²) in [5, 5.41) is 8.75. The molecule has 1 aliphatic rings. The Morgan fingerprint density at radius 3 is 2.53 bits per heavy atom. The number of benzene rings is 1. The molecule has 1 saturated heterocycles. The highest BCUT2D eigenvalue weighted by Crippen LogP contribution is 2.21. The monoisotopic (exact) mass is 206 g/mol. The van der Waals surface area contributed by atoms with Gasteiger partial charge in [0.1, 0.15) is 6.04 Å². The lowest BCUT2D eigenvalue weighted by atomic mass is 10.1. The van der Waals surface area contributed by atoms with Crippen molar-refractivity contribution in [3.63, 3.8) is 0 Å². The number of carbonyl (C=O) groups excluding carboxylic acids is 1. The van der Waals surface area contributed by atoms with Crippen molar-refractivity contribution in [1.82, 2.24) is 0 Å². The molecule has 0 aromatic heterocycles. The number of aliphatic hydroxyl groups excluding tert-OH is 1. The van der Waals surface area contributed by atoms with E-state index < -0.39 is 0 Å². The lowest BCUT2D eigenvalue weighted by Gasteiger charge is -2.36. The molecule has 0 radical (unpaired) electrons. The Hall–Kier alpha value is -1.39. The Kier molecular flexibility index (Phi) is 2.70. The van der Waals surface area contributed by atoms with Crippen LogP contribution in [0.15, 0.2) is 24.3 Å². The Morgan fingerprint density at radius 2 is 2.07 bits per heavy atom. The summed E-state index contributed by atoms with van der Waals surface area (Å²) in [6.07, 6.45) is 0.647. The maximum Gasteiger partial charge on any atom is 0.245 e. The number of carbonyl (C=O) groups is 1. The van der Waals surface area contributed by atoms with Gasteiger partial charge in [0.05, 0.1) is 6.54 Å². The van der Waals surface area contributed by atoms with E-state index in [0.29, 0.717) is 13.0 Å². The molecule has 4 heteroatoms. The number of hydrogen-bond donors (Lipinski definition) is 2. The van der Waals surface area contributed by atoms with Crippen molar-refractivity contribution < 1.29 is 9.90 Å². The van der Waals surface area contributed by atoms with Crippen LogP contribution in [0, 0.1) is 0 Å². The van der Waals surface area contributed by atoms with Crippen molar-refractivity contribution in [2.24, 2.45) is 5.73 Å². The van der Waals surface area contributed by atoms with Crippen LogP contribution in [0.3, 0.4) is 0 Å². The largest absolute Gasteiger partial charge is 0.396 e. The van der Waals surface area contributed by atoms with E-state index in [1.807, 2.05) is 24.3 Å². The van der Waals surface area contributed by atoms with Crippen molar-refractivity contribution in [2.45, 2.75) is 12.5 Å². The predicted molar refractivity (Wildman–Crippen MR) is 57.6 cm³/mol. The Bertz CT molecular complexity index is 361. The van der Waals surface area contributed by atoms with Crippen LogP contribution in [-0.2, 0) is 11.2 Å². The number of amides is 1. The standard InChI is InChI=1S/C11H14N2O2/c12-10-7-13(11(10)15)9-3-1-8(2-4-9)5-6-14/h1-4,10,14H,5-7,12H2. The molecule has 1 unspecified atom stereocenters. The first-order valence-corrected chi connectivity index (χ1v) is 4.99. The summed E-state index contributed by atoms with van der Waals surface area (Å²) in [5.74, 6) is -0.0232. The molecule has 3 N–H and O–H groups in total. The van der Waals surface area contributed by atoms with Crippen LogP contribution in [0.1, 0.15) is 5.56 Å². The Balaban J connectivity index is 2.08. The van der Waals surface area contributed by atoms with Crippen molar-refractivity contribution in [3.8, 4) is 0 Å². The fourth-order valence-electron chi connectivity index (χ4n) is 1.66. The molecule has 1 aromatic rings. The van der Waals surface area contributed by atoms with Gasteiger partial charge in [0.25, 0.3) is 0 Å². The van der Waals surface area contributed by atoms with E-state index in [-0.39, 0.29) is 18.6 Å². The lowest BCUT2D eigenvalue weighted by Crippen LogP contribution is -2.61. The molecule has 2 rings (SSSR count). The average molecular weight is 206 g/mol. The maximum atomic E-state index is 11.3. The van der Waals surface area contributed by atoms with Gasteiger partial charge in [-0.1, -0.05) is 12.1 Å². The van der Waals surface area contributed by atoms with Gasteiger partial charge in [-0.2, -0.15) is 0 Å². The molecule has 1 heterocycles. The molecule has 0 aliphatic carbocycles. The molecule has 1 fully saturated rings. The van der Waals surface area contributed by atoms with Gasteiger partial charge in [-0.25, -0.2) is 0 Å². The van der Waals surface area contributed by atoms with E-state index in [2.05, 4.69) is 0 Å². The lowest BCUT2D eigenvalue weighted by molar-refractivity contribution is -0.123.